The third kappa shape index (κ3) is 6.06. The molecule has 0 aliphatic carbocycles. The predicted octanol–water partition coefficient (Wildman–Crippen LogP) is 6.81. The Labute approximate surface area is 201 Å². The van der Waals surface area contributed by atoms with E-state index in [1.165, 1.54) is 30.3 Å². The Bertz CT molecular complexity index is 1410. The number of esters is 1. The third-order valence-corrected chi connectivity index (χ3v) is 5.16. The van der Waals surface area contributed by atoms with Gasteiger partial charge in [-0.25, -0.2) is 13.6 Å². The van der Waals surface area contributed by atoms with Crippen LogP contribution in [0.25, 0.3) is 17.2 Å². The SMILES string of the molecule is Cc1cccc(NC(=O)c2cc(-c3ccc(F)cc3F)ccc2OC(=O)/C=C/c2ccccc2)c1. The number of halogens is 2. The van der Waals surface area contributed by atoms with Gasteiger partial charge in [0.2, 0.25) is 0 Å². The highest BCUT2D eigenvalue weighted by Gasteiger charge is 2.18. The molecule has 4 aromatic rings. The number of rotatable bonds is 6. The van der Waals surface area contributed by atoms with Gasteiger partial charge in [0.1, 0.15) is 17.4 Å². The molecule has 0 spiro atoms. The van der Waals surface area contributed by atoms with E-state index in [1.54, 1.807) is 24.3 Å². The second-order valence-electron chi connectivity index (χ2n) is 7.82. The molecule has 0 aromatic heterocycles. The maximum atomic E-state index is 14.4. The topological polar surface area (TPSA) is 55.4 Å². The molecule has 4 nitrogen and oxygen atoms in total. The van der Waals surface area contributed by atoms with Gasteiger partial charge in [-0.15, -0.1) is 0 Å². The van der Waals surface area contributed by atoms with Crippen molar-refractivity contribution in [2.45, 2.75) is 6.92 Å². The third-order valence-electron chi connectivity index (χ3n) is 5.16. The number of aryl methyl sites for hydroxylation is 1. The number of amides is 1. The zero-order valence-electron chi connectivity index (χ0n) is 18.8. The van der Waals surface area contributed by atoms with Gasteiger partial charge >= 0.3 is 5.97 Å². The molecule has 174 valence electrons. The molecule has 6 heteroatoms. The van der Waals surface area contributed by atoms with Crippen molar-refractivity contribution in [1.29, 1.82) is 0 Å². The van der Waals surface area contributed by atoms with Crippen LogP contribution in [0.3, 0.4) is 0 Å². The summed E-state index contributed by atoms with van der Waals surface area (Å²) in [6, 6.07) is 23.9. The largest absolute Gasteiger partial charge is 0.423 e. The van der Waals surface area contributed by atoms with Gasteiger partial charge in [-0.3, -0.25) is 4.79 Å². The highest BCUT2D eigenvalue weighted by atomic mass is 19.1. The molecule has 0 unspecified atom stereocenters. The summed E-state index contributed by atoms with van der Waals surface area (Å²) in [6.45, 7) is 1.89. The number of hydrogen-bond acceptors (Lipinski definition) is 3. The van der Waals surface area contributed by atoms with Crippen molar-refractivity contribution < 1.29 is 23.1 Å². The van der Waals surface area contributed by atoms with Gasteiger partial charge in [0, 0.05) is 23.4 Å². The van der Waals surface area contributed by atoms with Gasteiger partial charge in [0.25, 0.3) is 5.91 Å². The van der Waals surface area contributed by atoms with E-state index in [4.69, 9.17) is 4.74 Å². The normalized spacial score (nSPS) is 10.8. The van der Waals surface area contributed by atoms with Crippen LogP contribution in [0.2, 0.25) is 0 Å². The van der Waals surface area contributed by atoms with Crippen LogP contribution < -0.4 is 10.1 Å². The van der Waals surface area contributed by atoms with Crippen molar-refractivity contribution in [1.82, 2.24) is 0 Å². The summed E-state index contributed by atoms with van der Waals surface area (Å²) in [5.41, 5.74) is 2.77. The Morgan fingerprint density at radius 1 is 0.857 bits per heavy atom. The molecular formula is C29H21F2NO3. The number of carbonyl (C=O) groups is 2. The predicted molar refractivity (Wildman–Crippen MR) is 132 cm³/mol. The summed E-state index contributed by atoms with van der Waals surface area (Å²) in [5.74, 6) is -2.71. The van der Waals surface area contributed by atoms with Gasteiger partial charge in [-0.2, -0.15) is 0 Å². The molecule has 0 bridgehead atoms. The molecule has 0 radical (unpaired) electrons. The average Bonchev–Trinajstić information content (AvgIpc) is 2.84. The summed E-state index contributed by atoms with van der Waals surface area (Å²) in [6.07, 6.45) is 2.85. The average molecular weight is 469 g/mol. The highest BCUT2D eigenvalue weighted by Crippen LogP contribution is 2.30. The maximum absolute atomic E-state index is 14.4. The van der Waals surface area contributed by atoms with Crippen molar-refractivity contribution in [2.24, 2.45) is 0 Å². The fraction of sp³-hybridized carbons (Fsp3) is 0.0345. The van der Waals surface area contributed by atoms with Gasteiger partial charge < -0.3 is 10.1 Å². The number of anilines is 1. The molecule has 4 aromatic carbocycles. The van der Waals surface area contributed by atoms with Crippen LogP contribution in [0.4, 0.5) is 14.5 Å². The van der Waals surface area contributed by atoms with Crippen LogP contribution in [0, 0.1) is 18.6 Å². The minimum atomic E-state index is -0.773. The van der Waals surface area contributed by atoms with E-state index in [9.17, 15) is 18.4 Å². The van der Waals surface area contributed by atoms with Gasteiger partial charge in [-0.1, -0.05) is 48.5 Å². The minimum Gasteiger partial charge on any atom is -0.423 e. The molecule has 4 rings (SSSR count). The van der Waals surface area contributed by atoms with E-state index in [-0.39, 0.29) is 16.9 Å². The first kappa shape index (κ1) is 23.6. The summed E-state index contributed by atoms with van der Waals surface area (Å²) in [7, 11) is 0. The van der Waals surface area contributed by atoms with Crippen LogP contribution in [0.5, 0.6) is 5.75 Å². The Hall–Kier alpha value is -4.58. The second-order valence-corrected chi connectivity index (χ2v) is 7.82. The van der Waals surface area contributed by atoms with Crippen molar-refractivity contribution in [3.63, 3.8) is 0 Å². The zero-order valence-corrected chi connectivity index (χ0v) is 18.8. The molecule has 1 N–H and O–H groups in total. The smallest absolute Gasteiger partial charge is 0.336 e. The molecule has 0 atom stereocenters. The molecule has 0 saturated carbocycles. The summed E-state index contributed by atoms with van der Waals surface area (Å²) in [4.78, 5) is 25.6. The highest BCUT2D eigenvalue weighted by molar-refractivity contribution is 6.07. The van der Waals surface area contributed by atoms with Gasteiger partial charge in [-0.05, 0) is 66.1 Å². The lowest BCUT2D eigenvalue weighted by Crippen LogP contribution is -2.15. The molecule has 35 heavy (non-hydrogen) atoms. The summed E-state index contributed by atoms with van der Waals surface area (Å²) in [5, 5.41) is 2.77. The van der Waals surface area contributed by atoms with E-state index in [1.807, 2.05) is 43.3 Å². The lowest BCUT2D eigenvalue weighted by Gasteiger charge is -2.13. The molecule has 0 aliphatic rings. The van der Waals surface area contributed by atoms with Crippen LogP contribution in [0.1, 0.15) is 21.5 Å². The van der Waals surface area contributed by atoms with Crippen LogP contribution in [-0.4, -0.2) is 11.9 Å². The molecule has 0 heterocycles. The summed E-state index contributed by atoms with van der Waals surface area (Å²) < 4.78 is 33.2. The van der Waals surface area contributed by atoms with Gasteiger partial charge in [0.15, 0.2) is 0 Å². The number of benzene rings is 4. The maximum Gasteiger partial charge on any atom is 0.336 e. The van der Waals surface area contributed by atoms with Crippen molar-refractivity contribution in [2.75, 3.05) is 5.32 Å². The van der Waals surface area contributed by atoms with E-state index < -0.39 is 23.5 Å². The molecular weight excluding hydrogens is 448 g/mol. The van der Waals surface area contributed by atoms with Crippen LogP contribution in [-0.2, 0) is 4.79 Å². The zero-order chi connectivity index (χ0) is 24.8. The number of carbonyl (C=O) groups excluding carboxylic acids is 2. The van der Waals surface area contributed by atoms with Crippen LogP contribution >= 0.6 is 0 Å². The number of nitrogens with one attached hydrogen (secondary N) is 1. The fourth-order valence-corrected chi connectivity index (χ4v) is 3.48. The quantitative estimate of drug-likeness (QED) is 0.192. The fourth-order valence-electron chi connectivity index (χ4n) is 3.48. The van der Waals surface area contributed by atoms with Crippen LogP contribution in [0.15, 0.2) is 97.1 Å². The molecule has 0 aliphatic heterocycles. The lowest BCUT2D eigenvalue weighted by atomic mass is 10.0. The number of ether oxygens (including phenoxy) is 1. The minimum absolute atomic E-state index is 0.00383. The second kappa shape index (κ2) is 10.6. The van der Waals surface area contributed by atoms with E-state index in [0.717, 1.165) is 23.3 Å². The first-order chi connectivity index (χ1) is 16.9. The van der Waals surface area contributed by atoms with E-state index >= 15 is 0 Å². The van der Waals surface area contributed by atoms with E-state index in [0.29, 0.717) is 11.3 Å². The number of hydrogen-bond donors (Lipinski definition) is 1. The van der Waals surface area contributed by atoms with E-state index in [2.05, 4.69) is 5.32 Å². The standard InChI is InChI=1S/C29H21F2NO3/c1-19-6-5-9-23(16-19)32-29(34)25-17-21(24-13-12-22(30)18-26(24)31)11-14-27(25)35-28(33)15-10-20-7-3-2-4-8-20/h2-18H,1H3,(H,32,34)/b15-10+. The Morgan fingerprint density at radius 2 is 1.66 bits per heavy atom. The van der Waals surface area contributed by atoms with Crippen molar-refractivity contribution in [3.8, 4) is 16.9 Å². The first-order valence-electron chi connectivity index (χ1n) is 10.8. The molecule has 1 amide bonds. The Morgan fingerprint density at radius 3 is 2.40 bits per heavy atom. The van der Waals surface area contributed by atoms with Gasteiger partial charge in [0.05, 0.1) is 5.56 Å². The lowest BCUT2D eigenvalue weighted by molar-refractivity contribution is -0.128. The Balaban J connectivity index is 1.67. The monoisotopic (exact) mass is 469 g/mol. The van der Waals surface area contributed by atoms with Crippen molar-refractivity contribution >= 4 is 23.6 Å². The summed E-state index contributed by atoms with van der Waals surface area (Å²) >= 11 is 0. The van der Waals surface area contributed by atoms with Crippen molar-refractivity contribution in [3.05, 3.63) is 125 Å². The first-order valence-corrected chi connectivity index (χ1v) is 10.8. The Kier molecular flexibility index (Phi) is 7.12. The molecule has 0 saturated heterocycles. The molecule has 0 fully saturated rings.